The first kappa shape index (κ1) is 19.1. The molecular formula is C23H24N4O2. The fraction of sp³-hybridized carbons (Fsp3) is 0.261. The van der Waals surface area contributed by atoms with E-state index in [4.69, 9.17) is 0 Å². The highest BCUT2D eigenvalue weighted by Crippen LogP contribution is 2.18. The Kier molecular flexibility index (Phi) is 5.81. The van der Waals surface area contributed by atoms with Crippen LogP contribution in [0.1, 0.15) is 23.2 Å². The van der Waals surface area contributed by atoms with E-state index in [2.05, 4.69) is 20.5 Å². The molecule has 1 saturated heterocycles. The number of benzene rings is 2. The fourth-order valence-corrected chi connectivity index (χ4v) is 3.72. The molecule has 0 aliphatic carbocycles. The number of carbonyl (C=O) groups is 2. The third-order valence-electron chi connectivity index (χ3n) is 5.24. The number of para-hydroxylation sites is 1. The van der Waals surface area contributed by atoms with Gasteiger partial charge in [-0.25, -0.2) is 0 Å². The zero-order valence-corrected chi connectivity index (χ0v) is 16.2. The smallest absolute Gasteiger partial charge is 0.252 e. The van der Waals surface area contributed by atoms with Crippen molar-refractivity contribution >= 4 is 28.4 Å². The van der Waals surface area contributed by atoms with Crippen LogP contribution in [0.4, 0.5) is 5.69 Å². The number of amides is 2. The molecule has 6 nitrogen and oxygen atoms in total. The summed E-state index contributed by atoms with van der Waals surface area (Å²) in [6, 6.07) is 19.0. The zero-order chi connectivity index (χ0) is 20.1. The summed E-state index contributed by atoms with van der Waals surface area (Å²) in [5.41, 5.74) is 2.28. The molecular weight excluding hydrogens is 364 g/mol. The van der Waals surface area contributed by atoms with Gasteiger partial charge in [0.2, 0.25) is 5.91 Å². The van der Waals surface area contributed by atoms with Crippen molar-refractivity contribution in [2.24, 2.45) is 0 Å². The lowest BCUT2D eigenvalue weighted by Gasteiger charge is -2.31. The summed E-state index contributed by atoms with van der Waals surface area (Å²) in [5.74, 6) is -0.0780. The number of likely N-dealkylation sites (tertiary alicyclic amines) is 1. The van der Waals surface area contributed by atoms with E-state index < -0.39 is 0 Å². The SMILES string of the molecule is O=C(CN1CCC(NC(=O)c2cccc3ncccc23)CC1)Nc1ccccc1. The molecule has 6 heteroatoms. The van der Waals surface area contributed by atoms with Gasteiger partial charge in [-0.15, -0.1) is 0 Å². The molecule has 0 unspecified atom stereocenters. The summed E-state index contributed by atoms with van der Waals surface area (Å²) in [7, 11) is 0. The third kappa shape index (κ3) is 4.78. The lowest BCUT2D eigenvalue weighted by Crippen LogP contribution is -2.46. The van der Waals surface area contributed by atoms with Crippen LogP contribution in [-0.2, 0) is 4.79 Å². The minimum atomic E-state index is -0.0659. The van der Waals surface area contributed by atoms with Crippen LogP contribution in [0, 0.1) is 0 Å². The van der Waals surface area contributed by atoms with Crippen molar-refractivity contribution < 1.29 is 9.59 Å². The zero-order valence-electron chi connectivity index (χ0n) is 16.2. The molecule has 1 aliphatic rings. The normalized spacial score (nSPS) is 15.2. The Morgan fingerprint density at radius 1 is 0.966 bits per heavy atom. The van der Waals surface area contributed by atoms with Crippen LogP contribution in [0.2, 0.25) is 0 Å². The van der Waals surface area contributed by atoms with Gasteiger partial charge in [-0.05, 0) is 43.2 Å². The van der Waals surface area contributed by atoms with Gasteiger partial charge in [-0.1, -0.05) is 30.3 Å². The van der Waals surface area contributed by atoms with Gasteiger partial charge >= 0.3 is 0 Å². The van der Waals surface area contributed by atoms with Crippen molar-refractivity contribution in [2.75, 3.05) is 25.0 Å². The molecule has 2 amide bonds. The van der Waals surface area contributed by atoms with Crippen LogP contribution in [-0.4, -0.2) is 47.4 Å². The maximum Gasteiger partial charge on any atom is 0.252 e. The molecule has 0 saturated carbocycles. The lowest BCUT2D eigenvalue weighted by atomic mass is 10.0. The summed E-state index contributed by atoms with van der Waals surface area (Å²) in [6.07, 6.45) is 3.38. The van der Waals surface area contributed by atoms with Crippen molar-refractivity contribution in [1.29, 1.82) is 0 Å². The van der Waals surface area contributed by atoms with Gasteiger partial charge in [-0.2, -0.15) is 0 Å². The Hall–Kier alpha value is -3.25. The number of carbonyl (C=O) groups excluding carboxylic acids is 2. The second-order valence-electron chi connectivity index (χ2n) is 7.31. The molecule has 148 valence electrons. The number of nitrogens with one attached hydrogen (secondary N) is 2. The summed E-state index contributed by atoms with van der Waals surface area (Å²) < 4.78 is 0. The van der Waals surface area contributed by atoms with Gasteiger partial charge in [0, 0.05) is 42.0 Å². The second-order valence-corrected chi connectivity index (χ2v) is 7.31. The van der Waals surface area contributed by atoms with Crippen molar-refractivity contribution in [3.8, 4) is 0 Å². The van der Waals surface area contributed by atoms with E-state index in [0.29, 0.717) is 12.1 Å². The molecule has 0 radical (unpaired) electrons. The molecule has 29 heavy (non-hydrogen) atoms. The van der Waals surface area contributed by atoms with Crippen LogP contribution in [0.3, 0.4) is 0 Å². The van der Waals surface area contributed by atoms with Gasteiger partial charge in [0.1, 0.15) is 0 Å². The van der Waals surface area contributed by atoms with Crippen molar-refractivity contribution in [3.05, 3.63) is 72.4 Å². The van der Waals surface area contributed by atoms with E-state index >= 15 is 0 Å². The predicted octanol–water partition coefficient (Wildman–Crippen LogP) is 3.07. The Labute approximate surface area is 169 Å². The Bertz CT molecular complexity index is 993. The van der Waals surface area contributed by atoms with Crippen LogP contribution >= 0.6 is 0 Å². The fourth-order valence-electron chi connectivity index (χ4n) is 3.72. The Balaban J connectivity index is 1.28. The van der Waals surface area contributed by atoms with Crippen LogP contribution in [0.15, 0.2) is 66.9 Å². The van der Waals surface area contributed by atoms with Crippen molar-refractivity contribution in [3.63, 3.8) is 0 Å². The average molecular weight is 388 g/mol. The minimum Gasteiger partial charge on any atom is -0.349 e. The average Bonchev–Trinajstić information content (AvgIpc) is 2.75. The number of pyridine rings is 1. The first-order valence-electron chi connectivity index (χ1n) is 9.91. The highest BCUT2D eigenvalue weighted by atomic mass is 16.2. The van der Waals surface area contributed by atoms with Crippen LogP contribution in [0.5, 0.6) is 0 Å². The first-order chi connectivity index (χ1) is 14.2. The molecule has 2 N–H and O–H groups in total. The lowest BCUT2D eigenvalue weighted by molar-refractivity contribution is -0.117. The molecule has 0 bridgehead atoms. The van der Waals surface area contributed by atoms with E-state index in [1.165, 1.54) is 0 Å². The molecule has 0 spiro atoms. The van der Waals surface area contributed by atoms with Crippen LogP contribution in [0.25, 0.3) is 10.9 Å². The molecule has 0 atom stereocenters. The molecule has 2 heterocycles. The molecule has 2 aromatic carbocycles. The van der Waals surface area contributed by atoms with Crippen molar-refractivity contribution in [1.82, 2.24) is 15.2 Å². The topological polar surface area (TPSA) is 74.3 Å². The van der Waals surface area contributed by atoms with E-state index in [0.717, 1.165) is 42.5 Å². The standard InChI is InChI=1S/C23H24N4O2/c28-22(25-17-6-2-1-3-7-17)16-27-14-11-18(12-15-27)26-23(29)20-8-4-10-21-19(20)9-5-13-24-21/h1-10,13,18H,11-12,14-16H2,(H,25,28)(H,26,29). The molecule has 1 aliphatic heterocycles. The van der Waals surface area contributed by atoms with E-state index in [1.807, 2.05) is 60.7 Å². The number of fused-ring (bicyclic) bond motifs is 1. The predicted molar refractivity (Wildman–Crippen MR) is 114 cm³/mol. The monoisotopic (exact) mass is 388 g/mol. The maximum atomic E-state index is 12.8. The Morgan fingerprint density at radius 3 is 2.55 bits per heavy atom. The largest absolute Gasteiger partial charge is 0.349 e. The van der Waals surface area contributed by atoms with Gasteiger partial charge in [-0.3, -0.25) is 19.5 Å². The minimum absolute atomic E-state index is 0.0121. The van der Waals surface area contributed by atoms with Gasteiger partial charge in [0.05, 0.1) is 12.1 Å². The summed E-state index contributed by atoms with van der Waals surface area (Å²) in [4.78, 5) is 31.4. The number of hydrogen-bond acceptors (Lipinski definition) is 4. The Morgan fingerprint density at radius 2 is 1.76 bits per heavy atom. The number of rotatable bonds is 5. The molecule has 1 fully saturated rings. The van der Waals surface area contributed by atoms with E-state index in [-0.39, 0.29) is 17.9 Å². The highest BCUT2D eigenvalue weighted by Gasteiger charge is 2.23. The summed E-state index contributed by atoms with van der Waals surface area (Å²) in [6.45, 7) is 1.93. The number of nitrogens with zero attached hydrogens (tertiary/aromatic N) is 2. The molecule has 3 aromatic rings. The quantitative estimate of drug-likeness (QED) is 0.704. The van der Waals surface area contributed by atoms with E-state index in [1.54, 1.807) is 6.20 Å². The highest BCUT2D eigenvalue weighted by molar-refractivity contribution is 6.06. The van der Waals surface area contributed by atoms with Gasteiger partial charge in [0.15, 0.2) is 0 Å². The van der Waals surface area contributed by atoms with Gasteiger partial charge < -0.3 is 10.6 Å². The summed E-state index contributed by atoms with van der Waals surface area (Å²) in [5, 5.41) is 6.93. The van der Waals surface area contributed by atoms with Gasteiger partial charge in [0.25, 0.3) is 5.91 Å². The second kappa shape index (κ2) is 8.84. The molecule has 1 aromatic heterocycles. The number of piperidine rings is 1. The van der Waals surface area contributed by atoms with Crippen LogP contribution < -0.4 is 10.6 Å². The number of hydrogen-bond donors (Lipinski definition) is 2. The van der Waals surface area contributed by atoms with Crippen molar-refractivity contribution in [2.45, 2.75) is 18.9 Å². The maximum absolute atomic E-state index is 12.8. The third-order valence-corrected chi connectivity index (χ3v) is 5.24. The molecule has 4 rings (SSSR count). The number of aromatic nitrogens is 1. The first-order valence-corrected chi connectivity index (χ1v) is 9.91. The summed E-state index contributed by atoms with van der Waals surface area (Å²) >= 11 is 0. The van der Waals surface area contributed by atoms with E-state index in [9.17, 15) is 9.59 Å². The number of anilines is 1.